The molecule has 0 atom stereocenters. The third-order valence-electron chi connectivity index (χ3n) is 6.89. The lowest BCUT2D eigenvalue weighted by Crippen LogP contribution is -2.52. The molecule has 0 N–H and O–H groups in total. The number of rotatable bonds is 8. The number of carbonyl (C=O) groups is 1. The molecule has 4 rings (SSSR count). The van der Waals surface area contributed by atoms with Gasteiger partial charge in [0, 0.05) is 37.9 Å². The van der Waals surface area contributed by atoms with E-state index in [2.05, 4.69) is 0 Å². The SMILES string of the molecule is COc1ccc(S(=O)(=O)N(CC(=O)N2CCN(c3cccc(C(F)(F)F)c3)CC2)c2cc(C)cc(C)c2)cc1OC. The molecule has 0 saturated carbocycles. The van der Waals surface area contributed by atoms with E-state index in [0.717, 1.165) is 27.6 Å². The quantitative estimate of drug-likeness (QED) is 0.372. The zero-order valence-electron chi connectivity index (χ0n) is 23.2. The average molecular weight is 592 g/mol. The van der Waals surface area contributed by atoms with Gasteiger partial charge in [0.15, 0.2) is 11.5 Å². The fourth-order valence-electron chi connectivity index (χ4n) is 4.83. The molecule has 0 aromatic heterocycles. The summed E-state index contributed by atoms with van der Waals surface area (Å²) in [7, 11) is -1.37. The van der Waals surface area contributed by atoms with Crippen molar-refractivity contribution in [3.63, 3.8) is 0 Å². The number of nitrogens with zero attached hydrogens (tertiary/aromatic N) is 3. The molecule has 220 valence electrons. The Morgan fingerprint density at radius 3 is 2.10 bits per heavy atom. The zero-order chi connectivity index (χ0) is 29.9. The van der Waals surface area contributed by atoms with Crippen molar-refractivity contribution in [3.8, 4) is 11.5 Å². The molecule has 8 nitrogen and oxygen atoms in total. The highest BCUT2D eigenvalue weighted by atomic mass is 32.2. The van der Waals surface area contributed by atoms with E-state index < -0.39 is 34.2 Å². The van der Waals surface area contributed by atoms with Crippen LogP contribution in [0.15, 0.2) is 65.6 Å². The van der Waals surface area contributed by atoms with Gasteiger partial charge >= 0.3 is 6.18 Å². The van der Waals surface area contributed by atoms with Crippen LogP contribution in [-0.4, -0.2) is 66.2 Å². The van der Waals surface area contributed by atoms with Gasteiger partial charge in [0.25, 0.3) is 10.0 Å². The number of carbonyl (C=O) groups excluding carboxylic acids is 1. The molecule has 1 saturated heterocycles. The number of sulfonamides is 1. The summed E-state index contributed by atoms with van der Waals surface area (Å²) in [5, 5.41) is 0. The Balaban J connectivity index is 1.58. The van der Waals surface area contributed by atoms with Gasteiger partial charge < -0.3 is 19.3 Å². The van der Waals surface area contributed by atoms with Crippen LogP contribution in [0.4, 0.5) is 24.5 Å². The van der Waals surface area contributed by atoms with Crippen LogP contribution in [0.1, 0.15) is 16.7 Å². The van der Waals surface area contributed by atoms with Gasteiger partial charge in [-0.25, -0.2) is 8.42 Å². The fourth-order valence-corrected chi connectivity index (χ4v) is 6.24. The Hall–Kier alpha value is -3.93. The Kier molecular flexibility index (Phi) is 8.71. The van der Waals surface area contributed by atoms with Gasteiger partial charge in [0.05, 0.1) is 30.4 Å². The summed E-state index contributed by atoms with van der Waals surface area (Å²) in [5.41, 5.74) is 1.68. The number of anilines is 2. The van der Waals surface area contributed by atoms with Crippen LogP contribution < -0.4 is 18.7 Å². The number of aryl methyl sites for hydroxylation is 2. The van der Waals surface area contributed by atoms with Gasteiger partial charge in [-0.3, -0.25) is 9.10 Å². The maximum atomic E-state index is 14.0. The Morgan fingerprint density at radius 2 is 1.51 bits per heavy atom. The molecule has 1 fully saturated rings. The molecule has 0 radical (unpaired) electrons. The van der Waals surface area contributed by atoms with Gasteiger partial charge in [0.2, 0.25) is 5.91 Å². The minimum absolute atomic E-state index is 0.0727. The first-order valence-electron chi connectivity index (χ1n) is 12.9. The van der Waals surface area contributed by atoms with Crippen LogP contribution >= 0.6 is 0 Å². The lowest BCUT2D eigenvalue weighted by molar-refractivity contribution is -0.137. The van der Waals surface area contributed by atoms with Crippen molar-refractivity contribution in [3.05, 3.63) is 77.4 Å². The lowest BCUT2D eigenvalue weighted by Gasteiger charge is -2.37. The van der Waals surface area contributed by atoms with Crippen molar-refractivity contribution < 1.29 is 35.9 Å². The number of piperazine rings is 1. The van der Waals surface area contributed by atoms with Crippen LogP contribution in [0.25, 0.3) is 0 Å². The van der Waals surface area contributed by atoms with Crippen molar-refractivity contribution >= 4 is 27.3 Å². The van der Waals surface area contributed by atoms with Crippen LogP contribution in [0.3, 0.4) is 0 Å². The van der Waals surface area contributed by atoms with E-state index >= 15 is 0 Å². The smallest absolute Gasteiger partial charge is 0.416 e. The molecule has 1 aliphatic rings. The van der Waals surface area contributed by atoms with Gasteiger partial charge in [-0.2, -0.15) is 13.2 Å². The second-order valence-corrected chi connectivity index (χ2v) is 11.7. The van der Waals surface area contributed by atoms with Crippen molar-refractivity contribution in [2.45, 2.75) is 24.9 Å². The second-order valence-electron chi connectivity index (χ2n) is 9.79. The number of benzene rings is 3. The van der Waals surface area contributed by atoms with Crippen LogP contribution in [0.5, 0.6) is 11.5 Å². The monoisotopic (exact) mass is 591 g/mol. The molecule has 12 heteroatoms. The number of hydrogen-bond acceptors (Lipinski definition) is 6. The van der Waals surface area contributed by atoms with E-state index in [0.29, 0.717) is 30.2 Å². The van der Waals surface area contributed by atoms with Gasteiger partial charge in [-0.1, -0.05) is 12.1 Å². The highest BCUT2D eigenvalue weighted by molar-refractivity contribution is 7.92. The molecule has 0 aliphatic carbocycles. The van der Waals surface area contributed by atoms with Crippen molar-refractivity contribution in [2.24, 2.45) is 0 Å². The van der Waals surface area contributed by atoms with Crippen LogP contribution in [0.2, 0.25) is 0 Å². The van der Waals surface area contributed by atoms with E-state index in [1.807, 2.05) is 19.9 Å². The first-order valence-corrected chi connectivity index (χ1v) is 14.3. The zero-order valence-corrected chi connectivity index (χ0v) is 24.1. The molecule has 3 aromatic rings. The Labute approximate surface area is 237 Å². The van der Waals surface area contributed by atoms with Crippen LogP contribution in [0, 0.1) is 13.8 Å². The molecule has 1 aliphatic heterocycles. The Bertz CT molecular complexity index is 1500. The van der Waals surface area contributed by atoms with Gasteiger partial charge in [-0.05, 0) is 67.4 Å². The van der Waals surface area contributed by atoms with E-state index in [1.165, 1.54) is 43.4 Å². The third-order valence-corrected chi connectivity index (χ3v) is 8.66. The second kappa shape index (κ2) is 11.9. The lowest BCUT2D eigenvalue weighted by atomic mass is 10.1. The number of amides is 1. The summed E-state index contributed by atoms with van der Waals surface area (Å²) in [4.78, 5) is 16.7. The molecular formula is C29H32F3N3O5S. The highest BCUT2D eigenvalue weighted by Crippen LogP contribution is 2.34. The van der Waals surface area contributed by atoms with Crippen LogP contribution in [-0.2, 0) is 21.0 Å². The van der Waals surface area contributed by atoms with E-state index in [9.17, 15) is 26.4 Å². The molecule has 0 spiro atoms. The predicted octanol–water partition coefficient (Wildman–Crippen LogP) is 4.88. The average Bonchev–Trinajstić information content (AvgIpc) is 2.94. The van der Waals surface area contributed by atoms with Crippen molar-refractivity contribution in [1.29, 1.82) is 0 Å². The molecule has 0 bridgehead atoms. The maximum absolute atomic E-state index is 14.0. The number of ether oxygens (including phenoxy) is 2. The predicted molar refractivity (Wildman–Crippen MR) is 150 cm³/mol. The fraction of sp³-hybridized carbons (Fsp3) is 0.345. The number of halogens is 3. The highest BCUT2D eigenvalue weighted by Gasteiger charge is 2.33. The number of hydrogen-bond donors (Lipinski definition) is 0. The first kappa shape index (κ1) is 30.0. The largest absolute Gasteiger partial charge is 0.493 e. The summed E-state index contributed by atoms with van der Waals surface area (Å²) in [6.45, 7) is 4.29. The van der Waals surface area contributed by atoms with Gasteiger partial charge in [0.1, 0.15) is 6.54 Å². The summed E-state index contributed by atoms with van der Waals surface area (Å²) in [6, 6.07) is 14.6. The van der Waals surface area contributed by atoms with Crippen molar-refractivity contribution in [2.75, 3.05) is 56.1 Å². The number of alkyl halides is 3. The minimum Gasteiger partial charge on any atom is -0.493 e. The van der Waals surface area contributed by atoms with E-state index in [4.69, 9.17) is 9.47 Å². The molecule has 3 aromatic carbocycles. The maximum Gasteiger partial charge on any atom is 0.416 e. The molecule has 41 heavy (non-hydrogen) atoms. The molecule has 1 amide bonds. The van der Waals surface area contributed by atoms with Crippen molar-refractivity contribution in [1.82, 2.24) is 4.90 Å². The summed E-state index contributed by atoms with van der Waals surface area (Å²) in [6.07, 6.45) is -4.45. The Morgan fingerprint density at radius 1 is 0.878 bits per heavy atom. The first-order chi connectivity index (χ1) is 19.3. The summed E-state index contributed by atoms with van der Waals surface area (Å²) in [5.74, 6) is 0.169. The van der Waals surface area contributed by atoms with E-state index in [1.54, 1.807) is 23.1 Å². The molecule has 0 unspecified atom stereocenters. The topological polar surface area (TPSA) is 79.4 Å². The normalized spacial score (nSPS) is 14.1. The molecule has 1 heterocycles. The van der Waals surface area contributed by atoms with E-state index in [-0.39, 0.29) is 23.7 Å². The molecular weight excluding hydrogens is 559 g/mol. The number of methoxy groups -OCH3 is 2. The minimum atomic E-state index is -4.45. The summed E-state index contributed by atoms with van der Waals surface area (Å²) >= 11 is 0. The summed E-state index contributed by atoms with van der Waals surface area (Å²) < 4.78 is 79.0. The standard InChI is InChI=1S/C29H32F3N3O5S/c1-20-14-21(2)16-24(15-20)35(41(37,38)25-8-9-26(39-3)27(18-25)40-4)19-28(36)34-12-10-33(11-13-34)23-7-5-6-22(17-23)29(30,31)32/h5-9,14-18H,10-13,19H2,1-4H3. The van der Waals surface area contributed by atoms with Gasteiger partial charge in [-0.15, -0.1) is 0 Å². The third kappa shape index (κ3) is 6.70.